The number of ether oxygens (including phenoxy) is 1. The van der Waals surface area contributed by atoms with E-state index in [0.29, 0.717) is 6.61 Å². The van der Waals surface area contributed by atoms with E-state index in [1.54, 1.807) is 11.6 Å². The molecule has 1 nitrogen and oxygen atoms in total. The molecular weight excluding hydrogens is 364 g/mol. The molecule has 0 aliphatic heterocycles. The number of benzene rings is 2. The summed E-state index contributed by atoms with van der Waals surface area (Å²) in [6.07, 6.45) is 17.8. The number of fused-ring (bicyclic) bond motifs is 1. The van der Waals surface area contributed by atoms with Crippen molar-refractivity contribution >= 4 is 10.8 Å². The molecule has 0 aromatic heterocycles. The van der Waals surface area contributed by atoms with Crippen molar-refractivity contribution in [1.82, 2.24) is 0 Å². The predicted molar refractivity (Wildman–Crippen MR) is 129 cm³/mol. The van der Waals surface area contributed by atoms with Crippen molar-refractivity contribution in [2.24, 2.45) is 17.8 Å². The molecular formula is C29H40O. The second-order valence-electron chi connectivity index (χ2n) is 9.96. The van der Waals surface area contributed by atoms with E-state index in [4.69, 9.17) is 4.74 Å². The molecule has 0 bridgehead atoms. The minimum Gasteiger partial charge on any atom is -0.490 e. The molecule has 0 radical (unpaired) electrons. The molecule has 0 spiro atoms. The molecule has 0 unspecified atom stereocenters. The van der Waals surface area contributed by atoms with Crippen molar-refractivity contribution in [3.8, 4) is 5.75 Å². The van der Waals surface area contributed by atoms with Gasteiger partial charge < -0.3 is 4.74 Å². The summed E-state index contributed by atoms with van der Waals surface area (Å²) in [5, 5.41) is 2.61. The summed E-state index contributed by atoms with van der Waals surface area (Å²) in [6.45, 7) is 6.66. The summed E-state index contributed by atoms with van der Waals surface area (Å²) in [5.41, 5.74) is 1.54. The average molecular weight is 405 g/mol. The molecule has 0 atom stereocenters. The van der Waals surface area contributed by atoms with Gasteiger partial charge in [-0.3, -0.25) is 0 Å². The highest BCUT2D eigenvalue weighted by molar-refractivity contribution is 5.84. The lowest BCUT2D eigenvalue weighted by Crippen LogP contribution is -2.17. The van der Waals surface area contributed by atoms with E-state index in [9.17, 15) is 0 Å². The maximum atomic E-state index is 5.68. The van der Waals surface area contributed by atoms with Crippen LogP contribution in [0, 0.1) is 17.8 Å². The summed E-state index contributed by atoms with van der Waals surface area (Å²) < 4.78 is 5.68. The lowest BCUT2D eigenvalue weighted by atomic mass is 9.74. The Morgan fingerprint density at radius 3 is 2.07 bits per heavy atom. The van der Waals surface area contributed by atoms with Gasteiger partial charge in [-0.15, -0.1) is 0 Å². The van der Waals surface area contributed by atoms with Gasteiger partial charge in [0.15, 0.2) is 0 Å². The van der Waals surface area contributed by atoms with Crippen LogP contribution in [0.15, 0.2) is 49.1 Å². The Kier molecular flexibility index (Phi) is 7.52. The zero-order valence-corrected chi connectivity index (χ0v) is 19.0. The third-order valence-corrected chi connectivity index (χ3v) is 8.05. The standard InChI is InChI=1S/C29H40O/c1-3-19-30-29-18-17-27-20-26(15-16-28(27)21-29)25-13-11-24(12-14-25)10-9-23-7-5-22(4-2)6-8-23/h3,15-18,20-25H,1,4-14,19H2,2H3. The Hall–Kier alpha value is -1.76. The van der Waals surface area contributed by atoms with Gasteiger partial charge in [-0.25, -0.2) is 0 Å². The van der Waals surface area contributed by atoms with Crippen molar-refractivity contribution in [2.45, 2.75) is 83.5 Å². The first-order chi connectivity index (χ1) is 14.7. The smallest absolute Gasteiger partial charge is 0.120 e. The highest BCUT2D eigenvalue weighted by Crippen LogP contribution is 2.40. The minimum atomic E-state index is 0.562. The number of hydrogen-bond acceptors (Lipinski definition) is 1. The van der Waals surface area contributed by atoms with Crippen LogP contribution in [0.3, 0.4) is 0 Å². The van der Waals surface area contributed by atoms with Crippen molar-refractivity contribution in [2.75, 3.05) is 6.61 Å². The second kappa shape index (κ2) is 10.5. The molecule has 2 fully saturated rings. The minimum absolute atomic E-state index is 0.562. The first-order valence-corrected chi connectivity index (χ1v) is 12.5. The maximum absolute atomic E-state index is 5.68. The SMILES string of the molecule is C=CCOc1ccc2cc(C3CCC(CCC4CCC(CC)CC4)CC3)ccc2c1. The summed E-state index contributed by atoms with van der Waals surface area (Å²) in [7, 11) is 0. The molecule has 2 aliphatic rings. The molecule has 2 aliphatic carbocycles. The van der Waals surface area contributed by atoms with E-state index in [-0.39, 0.29) is 0 Å². The fraction of sp³-hybridized carbons (Fsp3) is 0.586. The fourth-order valence-corrected chi connectivity index (χ4v) is 5.93. The van der Waals surface area contributed by atoms with Crippen molar-refractivity contribution in [3.63, 3.8) is 0 Å². The molecule has 2 aromatic carbocycles. The van der Waals surface area contributed by atoms with E-state index in [1.165, 1.54) is 81.4 Å². The first-order valence-electron chi connectivity index (χ1n) is 12.5. The molecule has 162 valence electrons. The summed E-state index contributed by atoms with van der Waals surface area (Å²) in [4.78, 5) is 0. The molecule has 30 heavy (non-hydrogen) atoms. The molecule has 0 saturated heterocycles. The van der Waals surface area contributed by atoms with Crippen LogP contribution in [-0.2, 0) is 0 Å². The molecule has 0 N–H and O–H groups in total. The zero-order valence-electron chi connectivity index (χ0n) is 19.0. The van der Waals surface area contributed by atoms with Crippen molar-refractivity contribution in [1.29, 1.82) is 0 Å². The average Bonchev–Trinajstić information content (AvgIpc) is 2.81. The second-order valence-corrected chi connectivity index (χ2v) is 9.96. The summed E-state index contributed by atoms with van der Waals surface area (Å²) in [5.74, 6) is 4.73. The molecule has 0 amide bonds. The molecule has 2 aromatic rings. The van der Waals surface area contributed by atoms with Gasteiger partial charge in [-0.1, -0.05) is 88.8 Å². The van der Waals surface area contributed by atoms with Crippen LogP contribution in [0.2, 0.25) is 0 Å². The van der Waals surface area contributed by atoms with Gasteiger partial charge in [0, 0.05) is 0 Å². The van der Waals surface area contributed by atoms with Crippen LogP contribution >= 0.6 is 0 Å². The van der Waals surface area contributed by atoms with Gasteiger partial charge in [-0.2, -0.15) is 0 Å². The van der Waals surface area contributed by atoms with Crippen LogP contribution < -0.4 is 4.74 Å². The highest BCUT2D eigenvalue weighted by atomic mass is 16.5. The predicted octanol–water partition coefficient (Wildman–Crippen LogP) is 8.68. The molecule has 4 rings (SSSR count). The lowest BCUT2D eigenvalue weighted by molar-refractivity contribution is 0.227. The Balaban J connectivity index is 1.26. The Morgan fingerprint density at radius 1 is 0.800 bits per heavy atom. The van der Waals surface area contributed by atoms with Crippen LogP contribution in [0.5, 0.6) is 5.75 Å². The number of hydrogen-bond donors (Lipinski definition) is 0. The lowest BCUT2D eigenvalue weighted by Gasteiger charge is -2.32. The molecule has 1 heteroatoms. The van der Waals surface area contributed by atoms with Gasteiger partial charge in [0.2, 0.25) is 0 Å². The van der Waals surface area contributed by atoms with Crippen molar-refractivity contribution < 1.29 is 4.74 Å². The number of rotatable bonds is 8. The van der Waals surface area contributed by atoms with Gasteiger partial charge in [0.1, 0.15) is 12.4 Å². The largest absolute Gasteiger partial charge is 0.490 e. The van der Waals surface area contributed by atoms with E-state index in [2.05, 4.69) is 49.9 Å². The van der Waals surface area contributed by atoms with E-state index >= 15 is 0 Å². The highest BCUT2D eigenvalue weighted by Gasteiger charge is 2.25. The van der Waals surface area contributed by atoms with Crippen LogP contribution in [0.4, 0.5) is 0 Å². The van der Waals surface area contributed by atoms with Crippen LogP contribution in [0.1, 0.15) is 89.0 Å². The summed E-state index contributed by atoms with van der Waals surface area (Å²) >= 11 is 0. The van der Waals surface area contributed by atoms with Crippen LogP contribution in [-0.4, -0.2) is 6.61 Å². The van der Waals surface area contributed by atoms with Gasteiger partial charge >= 0.3 is 0 Å². The third kappa shape index (κ3) is 5.48. The monoisotopic (exact) mass is 404 g/mol. The quantitative estimate of drug-likeness (QED) is 0.400. The fourth-order valence-electron chi connectivity index (χ4n) is 5.93. The van der Waals surface area contributed by atoms with Crippen LogP contribution in [0.25, 0.3) is 10.8 Å². The Morgan fingerprint density at radius 2 is 1.40 bits per heavy atom. The van der Waals surface area contributed by atoms with Gasteiger partial charge in [-0.05, 0) is 77.8 Å². The zero-order chi connectivity index (χ0) is 20.8. The third-order valence-electron chi connectivity index (χ3n) is 8.05. The molecule has 0 heterocycles. The maximum Gasteiger partial charge on any atom is 0.120 e. The van der Waals surface area contributed by atoms with Gasteiger partial charge in [0.05, 0.1) is 0 Å². The molecule has 2 saturated carbocycles. The van der Waals surface area contributed by atoms with E-state index < -0.39 is 0 Å². The first kappa shape index (κ1) is 21.5. The summed E-state index contributed by atoms with van der Waals surface area (Å²) in [6, 6.07) is 13.5. The Labute approximate surface area is 183 Å². The normalized spacial score (nSPS) is 27.1. The Bertz CT molecular complexity index is 806. The van der Waals surface area contributed by atoms with E-state index in [0.717, 1.165) is 29.4 Å². The van der Waals surface area contributed by atoms with E-state index in [1.807, 2.05) is 0 Å². The topological polar surface area (TPSA) is 9.23 Å². The van der Waals surface area contributed by atoms with Crippen molar-refractivity contribution in [3.05, 3.63) is 54.6 Å². The van der Waals surface area contributed by atoms with Gasteiger partial charge in [0.25, 0.3) is 0 Å².